The molecule has 236 valence electrons. The summed E-state index contributed by atoms with van der Waals surface area (Å²) in [5.41, 5.74) is 29.4. The van der Waals surface area contributed by atoms with E-state index in [4.69, 9.17) is 45.0 Å². The van der Waals surface area contributed by atoms with Crippen LogP contribution in [0.4, 0.5) is 4.39 Å². The van der Waals surface area contributed by atoms with Crippen LogP contribution in [0.1, 0.15) is 37.3 Å². The number of hydrogen-bond donors (Lipinski definition) is 6. The Bertz CT molecular complexity index is 1640. The number of aromatic nitrogens is 3. The Morgan fingerprint density at radius 1 is 1.09 bits per heavy atom. The summed E-state index contributed by atoms with van der Waals surface area (Å²) in [5.74, 6) is -0.327. The van der Waals surface area contributed by atoms with Crippen molar-refractivity contribution in [3.63, 3.8) is 0 Å². The third-order valence-corrected chi connectivity index (χ3v) is 6.77. The van der Waals surface area contributed by atoms with Crippen molar-refractivity contribution in [2.45, 2.75) is 45.3 Å². The number of aliphatic imine (C=N–C) groups is 2. The molecule has 0 amide bonds. The van der Waals surface area contributed by atoms with Gasteiger partial charge in [-0.15, -0.1) is 0 Å². The average molecular weight is 627 g/mol. The average Bonchev–Trinajstić information content (AvgIpc) is 3.39. The molecule has 1 unspecified atom stereocenters. The molecule has 2 aromatic carbocycles. The SMILES string of the molecule is CC(N)CCCc1cc(Cl)c(F)c(-c2cc3cn(-c4ccc(COCCCN=C(N)N)cc4)c(=O)nc3[nH]2)c1.CN=C(N)N. The standard InChI is InChI=1S/C28H33ClFN7O2.C2H7N3/c1-17(31)4-2-5-19-12-22(25(30)23(29)13-19)24-14-20-15-37(28(38)36-26(20)35-24)21-8-6-18(7-9-21)16-39-11-3-10-34-27(32)33;1-5-2(3)4/h6-9,12-15,17H,2-5,10-11,16,31H2,1H3,(H4,32,33,34)(H,35,36,38);1H3,(H4,3,4,5). The van der Waals surface area contributed by atoms with Crippen LogP contribution in [-0.4, -0.2) is 52.7 Å². The summed E-state index contributed by atoms with van der Waals surface area (Å²) in [6, 6.07) is 12.7. The van der Waals surface area contributed by atoms with Gasteiger partial charge >= 0.3 is 5.69 Å². The minimum Gasteiger partial charge on any atom is -0.377 e. The van der Waals surface area contributed by atoms with E-state index in [9.17, 15) is 4.79 Å². The fourth-order valence-corrected chi connectivity index (χ4v) is 4.50. The summed E-state index contributed by atoms with van der Waals surface area (Å²) in [4.78, 5) is 27.3. The molecule has 0 saturated carbocycles. The molecule has 0 spiro atoms. The van der Waals surface area contributed by atoms with Crippen molar-refractivity contribution in [3.8, 4) is 16.9 Å². The van der Waals surface area contributed by atoms with Crippen LogP contribution < -0.4 is 34.4 Å². The summed E-state index contributed by atoms with van der Waals surface area (Å²) < 4.78 is 22.1. The largest absolute Gasteiger partial charge is 0.377 e. The minimum atomic E-state index is -0.525. The van der Waals surface area contributed by atoms with Gasteiger partial charge in [-0.1, -0.05) is 23.7 Å². The van der Waals surface area contributed by atoms with Crippen molar-refractivity contribution in [3.05, 3.63) is 81.1 Å². The first-order valence-electron chi connectivity index (χ1n) is 14.0. The van der Waals surface area contributed by atoms with Crippen LogP contribution in [0.25, 0.3) is 28.0 Å². The molecule has 2 aromatic heterocycles. The normalized spacial score (nSPS) is 11.5. The van der Waals surface area contributed by atoms with Gasteiger partial charge < -0.3 is 38.4 Å². The zero-order valence-corrected chi connectivity index (χ0v) is 25.6. The number of nitrogens with zero attached hydrogens (tertiary/aromatic N) is 4. The smallest absolute Gasteiger partial charge is 0.354 e. The van der Waals surface area contributed by atoms with Crippen molar-refractivity contribution in [2.75, 3.05) is 20.2 Å². The van der Waals surface area contributed by atoms with Gasteiger partial charge in [0, 0.05) is 43.4 Å². The Labute approximate surface area is 260 Å². The van der Waals surface area contributed by atoms with Crippen molar-refractivity contribution in [1.82, 2.24) is 14.5 Å². The van der Waals surface area contributed by atoms with E-state index in [-0.39, 0.29) is 23.0 Å². The van der Waals surface area contributed by atoms with Crippen molar-refractivity contribution in [1.29, 1.82) is 0 Å². The Morgan fingerprint density at radius 2 is 1.80 bits per heavy atom. The first-order chi connectivity index (χ1) is 21.0. The van der Waals surface area contributed by atoms with Gasteiger partial charge in [0.05, 0.1) is 23.0 Å². The van der Waals surface area contributed by atoms with Crippen molar-refractivity contribution < 1.29 is 9.13 Å². The molecule has 0 aliphatic heterocycles. The Balaban J connectivity index is 0.000000978. The van der Waals surface area contributed by atoms with Gasteiger partial charge in [-0.05, 0) is 74.1 Å². The molecular weight excluding hydrogens is 587 g/mol. The highest BCUT2D eigenvalue weighted by Gasteiger charge is 2.15. The van der Waals surface area contributed by atoms with Gasteiger partial charge in [-0.2, -0.15) is 4.98 Å². The van der Waals surface area contributed by atoms with Gasteiger partial charge in [-0.25, -0.2) is 9.18 Å². The van der Waals surface area contributed by atoms with E-state index in [0.717, 1.165) is 30.4 Å². The maximum absolute atomic E-state index is 15.0. The van der Waals surface area contributed by atoms with Gasteiger partial charge in [0.2, 0.25) is 0 Å². The molecular formula is C30H40ClFN10O2. The maximum Gasteiger partial charge on any atom is 0.354 e. The van der Waals surface area contributed by atoms with E-state index in [2.05, 4.69) is 20.0 Å². The van der Waals surface area contributed by atoms with E-state index < -0.39 is 11.5 Å². The molecule has 0 radical (unpaired) electrons. The Morgan fingerprint density at radius 3 is 2.43 bits per heavy atom. The molecule has 11 N–H and O–H groups in total. The molecule has 4 rings (SSSR count). The number of halogens is 2. The van der Waals surface area contributed by atoms with Gasteiger partial charge in [0.15, 0.2) is 17.7 Å². The van der Waals surface area contributed by atoms with Gasteiger partial charge in [0.25, 0.3) is 0 Å². The Kier molecular flexibility index (Phi) is 12.7. The Hall–Kier alpha value is -4.46. The van der Waals surface area contributed by atoms with Crippen LogP contribution in [0.2, 0.25) is 5.02 Å². The van der Waals surface area contributed by atoms with Crippen LogP contribution >= 0.6 is 11.6 Å². The van der Waals surface area contributed by atoms with Crippen LogP contribution in [0.5, 0.6) is 0 Å². The lowest BCUT2D eigenvalue weighted by atomic mass is 10.0. The lowest BCUT2D eigenvalue weighted by molar-refractivity contribution is 0.120. The number of nitrogens with two attached hydrogens (primary N) is 5. The first kappa shape index (κ1) is 34.0. The number of benzene rings is 2. The topological polar surface area (TPSA) is 215 Å². The number of hydrogen-bond acceptors (Lipinski definition) is 6. The predicted molar refractivity (Wildman–Crippen MR) is 175 cm³/mol. The van der Waals surface area contributed by atoms with Gasteiger partial charge in [0.1, 0.15) is 5.65 Å². The molecule has 4 aromatic rings. The summed E-state index contributed by atoms with van der Waals surface area (Å²) in [6.45, 7) is 3.42. The quantitative estimate of drug-likeness (QED) is 0.0779. The van der Waals surface area contributed by atoms with E-state index in [1.165, 1.54) is 11.6 Å². The zero-order chi connectivity index (χ0) is 32.2. The zero-order valence-electron chi connectivity index (χ0n) is 24.9. The lowest BCUT2D eigenvalue weighted by Gasteiger charge is -2.09. The third kappa shape index (κ3) is 10.1. The molecule has 0 aliphatic carbocycles. The molecule has 0 bridgehead atoms. The van der Waals surface area contributed by atoms with Crippen LogP contribution in [0.15, 0.2) is 63.4 Å². The van der Waals surface area contributed by atoms with Crippen LogP contribution in [0, 0.1) is 5.82 Å². The number of guanidine groups is 2. The molecule has 0 saturated heterocycles. The van der Waals surface area contributed by atoms with Crippen molar-refractivity contribution >= 4 is 34.6 Å². The number of rotatable bonds is 12. The molecule has 44 heavy (non-hydrogen) atoms. The first-order valence-corrected chi connectivity index (χ1v) is 14.4. The molecule has 12 nitrogen and oxygen atoms in total. The predicted octanol–water partition coefficient (Wildman–Crippen LogP) is 2.91. The second-order valence-corrected chi connectivity index (χ2v) is 10.6. The fraction of sp³-hybridized carbons (Fsp3) is 0.333. The van der Waals surface area contributed by atoms with Crippen LogP contribution in [0.3, 0.4) is 0 Å². The summed E-state index contributed by atoms with van der Waals surface area (Å²) in [6.07, 6.45) is 4.87. The van der Waals surface area contributed by atoms with Crippen molar-refractivity contribution in [2.24, 2.45) is 38.7 Å². The number of ether oxygens (including phenoxy) is 1. The second-order valence-electron chi connectivity index (χ2n) is 10.2. The molecule has 1 atom stereocenters. The summed E-state index contributed by atoms with van der Waals surface area (Å²) in [7, 11) is 1.54. The van der Waals surface area contributed by atoms with Gasteiger partial charge in [-0.3, -0.25) is 14.6 Å². The van der Waals surface area contributed by atoms with E-state index in [0.29, 0.717) is 54.2 Å². The number of aromatic amines is 1. The molecule has 2 heterocycles. The third-order valence-electron chi connectivity index (χ3n) is 6.49. The second kappa shape index (κ2) is 16.4. The van der Waals surface area contributed by atoms with Crippen LogP contribution in [-0.2, 0) is 17.8 Å². The fourth-order valence-electron chi connectivity index (χ4n) is 4.26. The highest BCUT2D eigenvalue weighted by molar-refractivity contribution is 6.31. The highest BCUT2D eigenvalue weighted by atomic mass is 35.5. The monoisotopic (exact) mass is 626 g/mol. The molecule has 0 aliphatic rings. The van der Waals surface area contributed by atoms with E-state index >= 15 is 4.39 Å². The number of H-pyrrole nitrogens is 1. The summed E-state index contributed by atoms with van der Waals surface area (Å²) >= 11 is 6.21. The number of aryl methyl sites for hydroxylation is 1. The van der Waals surface area contributed by atoms with E-state index in [1.807, 2.05) is 31.2 Å². The summed E-state index contributed by atoms with van der Waals surface area (Å²) in [5, 5.41) is 0.711. The number of fused-ring (bicyclic) bond motifs is 1. The number of nitrogens with one attached hydrogen (secondary N) is 1. The molecule has 0 fully saturated rings. The van der Waals surface area contributed by atoms with E-state index in [1.54, 1.807) is 24.4 Å². The maximum atomic E-state index is 15.0. The highest BCUT2D eigenvalue weighted by Crippen LogP contribution is 2.31. The minimum absolute atomic E-state index is 0.0484. The molecule has 14 heteroatoms. The lowest BCUT2D eigenvalue weighted by Crippen LogP contribution is -2.23.